The molecule has 104 valence electrons. The third-order valence-electron chi connectivity index (χ3n) is 2.95. The molecule has 0 fully saturated rings. The average molecular weight is 288 g/mol. The number of carbonyl (C=O) groups is 1. The van der Waals surface area contributed by atoms with Gasteiger partial charge in [0.05, 0.1) is 23.2 Å². The molecule has 3 N–H and O–H groups in total. The number of hydrogen-bond acceptors (Lipinski definition) is 4. The zero-order chi connectivity index (χ0) is 14.5. The van der Waals surface area contributed by atoms with Crippen LogP contribution in [-0.4, -0.2) is 22.2 Å². The minimum Gasteiger partial charge on any atom is -0.348 e. The number of nitrogens with one attached hydrogen (secondary N) is 1. The van der Waals surface area contributed by atoms with Gasteiger partial charge in [-0.2, -0.15) is 5.10 Å². The van der Waals surface area contributed by atoms with Gasteiger partial charge >= 0.3 is 0 Å². The lowest BCUT2D eigenvalue weighted by Crippen LogP contribution is -2.22. The van der Waals surface area contributed by atoms with E-state index in [1.807, 2.05) is 14.0 Å². The SMILES string of the molecule is Cc1c(CNC(=O)c2csc(C#CCN)c2)cnn1C. The van der Waals surface area contributed by atoms with Crippen molar-refractivity contribution < 1.29 is 4.79 Å². The third-order valence-corrected chi connectivity index (χ3v) is 3.80. The summed E-state index contributed by atoms with van der Waals surface area (Å²) in [6, 6.07) is 1.78. The molecule has 0 atom stereocenters. The summed E-state index contributed by atoms with van der Waals surface area (Å²) in [5, 5.41) is 8.82. The van der Waals surface area contributed by atoms with Crippen LogP contribution in [0.2, 0.25) is 0 Å². The Balaban J connectivity index is 1.98. The molecule has 0 aromatic carbocycles. The van der Waals surface area contributed by atoms with Crippen LogP contribution in [0.4, 0.5) is 0 Å². The molecule has 0 aliphatic heterocycles. The zero-order valence-corrected chi connectivity index (χ0v) is 12.3. The molecule has 6 heteroatoms. The number of rotatable bonds is 3. The van der Waals surface area contributed by atoms with Crippen molar-refractivity contribution in [2.75, 3.05) is 6.54 Å². The Bertz CT molecular complexity index is 675. The van der Waals surface area contributed by atoms with E-state index in [2.05, 4.69) is 22.3 Å². The number of aryl methyl sites for hydroxylation is 1. The lowest BCUT2D eigenvalue weighted by Gasteiger charge is -2.03. The van der Waals surface area contributed by atoms with Gasteiger partial charge in [0.1, 0.15) is 0 Å². The Morgan fingerprint density at radius 1 is 1.60 bits per heavy atom. The van der Waals surface area contributed by atoms with E-state index in [0.717, 1.165) is 16.1 Å². The minimum absolute atomic E-state index is 0.106. The van der Waals surface area contributed by atoms with Crippen molar-refractivity contribution in [1.82, 2.24) is 15.1 Å². The van der Waals surface area contributed by atoms with Crippen molar-refractivity contribution in [3.63, 3.8) is 0 Å². The summed E-state index contributed by atoms with van der Waals surface area (Å²) in [5.74, 6) is 5.58. The van der Waals surface area contributed by atoms with Crippen LogP contribution in [0.5, 0.6) is 0 Å². The molecular formula is C14H16N4OS. The van der Waals surface area contributed by atoms with E-state index in [1.165, 1.54) is 11.3 Å². The lowest BCUT2D eigenvalue weighted by molar-refractivity contribution is 0.0951. The molecule has 0 aliphatic carbocycles. The second-order valence-corrected chi connectivity index (χ2v) is 5.18. The van der Waals surface area contributed by atoms with Gasteiger partial charge in [0.15, 0.2) is 0 Å². The molecule has 2 heterocycles. The van der Waals surface area contributed by atoms with E-state index in [1.54, 1.807) is 22.3 Å². The van der Waals surface area contributed by atoms with Crippen LogP contribution in [-0.2, 0) is 13.6 Å². The van der Waals surface area contributed by atoms with Crippen molar-refractivity contribution in [1.29, 1.82) is 0 Å². The van der Waals surface area contributed by atoms with E-state index in [4.69, 9.17) is 5.73 Å². The van der Waals surface area contributed by atoms with Gasteiger partial charge in [0.2, 0.25) is 0 Å². The first kappa shape index (κ1) is 14.3. The van der Waals surface area contributed by atoms with Crippen LogP contribution in [0.1, 0.15) is 26.5 Å². The molecule has 0 aliphatic rings. The van der Waals surface area contributed by atoms with Gasteiger partial charge < -0.3 is 11.1 Å². The van der Waals surface area contributed by atoms with Crippen molar-refractivity contribution in [2.45, 2.75) is 13.5 Å². The normalized spacial score (nSPS) is 9.95. The fourth-order valence-electron chi connectivity index (χ4n) is 1.65. The summed E-state index contributed by atoms with van der Waals surface area (Å²) in [6.07, 6.45) is 1.77. The van der Waals surface area contributed by atoms with Crippen LogP contribution < -0.4 is 11.1 Å². The van der Waals surface area contributed by atoms with Gasteiger partial charge in [-0.25, -0.2) is 0 Å². The first-order chi connectivity index (χ1) is 9.61. The van der Waals surface area contributed by atoms with E-state index in [0.29, 0.717) is 18.7 Å². The van der Waals surface area contributed by atoms with E-state index in [-0.39, 0.29) is 5.91 Å². The van der Waals surface area contributed by atoms with Gasteiger partial charge in [-0.05, 0) is 13.0 Å². The van der Waals surface area contributed by atoms with E-state index in [9.17, 15) is 4.79 Å². The highest BCUT2D eigenvalue weighted by molar-refractivity contribution is 7.10. The highest BCUT2D eigenvalue weighted by atomic mass is 32.1. The number of nitrogens with zero attached hydrogens (tertiary/aromatic N) is 2. The summed E-state index contributed by atoms with van der Waals surface area (Å²) < 4.78 is 1.78. The number of amides is 1. The summed E-state index contributed by atoms with van der Waals surface area (Å²) in [4.78, 5) is 12.9. The third kappa shape index (κ3) is 3.26. The number of nitrogens with two attached hydrogens (primary N) is 1. The van der Waals surface area contributed by atoms with Crippen molar-refractivity contribution in [2.24, 2.45) is 12.8 Å². The quantitative estimate of drug-likeness (QED) is 0.829. The maximum absolute atomic E-state index is 12.0. The Kier molecular flexibility index (Phi) is 4.56. The molecule has 5 nitrogen and oxygen atoms in total. The lowest BCUT2D eigenvalue weighted by atomic mass is 10.2. The van der Waals surface area contributed by atoms with Gasteiger partial charge in [0.25, 0.3) is 5.91 Å². The average Bonchev–Trinajstić information content (AvgIpc) is 3.03. The first-order valence-corrected chi connectivity index (χ1v) is 7.03. The van der Waals surface area contributed by atoms with Crippen LogP contribution in [0, 0.1) is 18.8 Å². The Hall–Kier alpha value is -2.10. The largest absolute Gasteiger partial charge is 0.348 e. The van der Waals surface area contributed by atoms with Gasteiger partial charge in [-0.3, -0.25) is 9.48 Å². The van der Waals surface area contributed by atoms with Crippen molar-refractivity contribution >= 4 is 17.2 Å². The van der Waals surface area contributed by atoms with Gasteiger partial charge in [-0.1, -0.05) is 11.8 Å². The molecular weight excluding hydrogens is 272 g/mol. The van der Waals surface area contributed by atoms with Gasteiger partial charge in [0, 0.05) is 30.2 Å². The molecule has 0 bridgehead atoms. The predicted octanol–water partition coefficient (Wildman–Crippen LogP) is 1.03. The summed E-state index contributed by atoms with van der Waals surface area (Å²) in [6.45, 7) is 2.76. The number of aromatic nitrogens is 2. The molecule has 2 aromatic heterocycles. The van der Waals surface area contributed by atoms with Gasteiger partial charge in [-0.15, -0.1) is 11.3 Å². The molecule has 2 rings (SSSR count). The molecule has 0 saturated carbocycles. The highest BCUT2D eigenvalue weighted by Crippen LogP contribution is 2.13. The summed E-state index contributed by atoms with van der Waals surface area (Å²) in [5.41, 5.74) is 8.00. The fraction of sp³-hybridized carbons (Fsp3) is 0.286. The molecule has 2 aromatic rings. The fourth-order valence-corrected chi connectivity index (χ4v) is 2.41. The molecule has 0 spiro atoms. The second-order valence-electron chi connectivity index (χ2n) is 4.27. The van der Waals surface area contributed by atoms with Crippen LogP contribution in [0.3, 0.4) is 0 Å². The maximum atomic E-state index is 12.0. The molecule has 20 heavy (non-hydrogen) atoms. The number of carbonyl (C=O) groups excluding carboxylic acids is 1. The van der Waals surface area contributed by atoms with Crippen LogP contribution >= 0.6 is 11.3 Å². The maximum Gasteiger partial charge on any atom is 0.252 e. The summed E-state index contributed by atoms with van der Waals surface area (Å²) >= 11 is 1.44. The Morgan fingerprint density at radius 2 is 2.40 bits per heavy atom. The monoisotopic (exact) mass is 288 g/mol. The predicted molar refractivity (Wildman–Crippen MR) is 79.4 cm³/mol. The second kappa shape index (κ2) is 6.37. The van der Waals surface area contributed by atoms with Crippen LogP contribution in [0.25, 0.3) is 0 Å². The zero-order valence-electron chi connectivity index (χ0n) is 11.4. The topological polar surface area (TPSA) is 72.9 Å². The molecule has 1 amide bonds. The summed E-state index contributed by atoms with van der Waals surface area (Å²) in [7, 11) is 1.88. The minimum atomic E-state index is -0.106. The molecule has 0 radical (unpaired) electrons. The van der Waals surface area contributed by atoms with E-state index >= 15 is 0 Å². The van der Waals surface area contributed by atoms with Crippen molar-refractivity contribution in [3.8, 4) is 11.8 Å². The molecule has 0 unspecified atom stereocenters. The van der Waals surface area contributed by atoms with Crippen molar-refractivity contribution in [3.05, 3.63) is 39.3 Å². The first-order valence-electron chi connectivity index (χ1n) is 6.15. The standard InChI is InChI=1S/C14H16N4OS/c1-10-12(8-17-18(10)2)7-16-14(19)11-6-13(20-9-11)4-3-5-15/h6,8-9H,5,7,15H2,1-2H3,(H,16,19). The smallest absolute Gasteiger partial charge is 0.252 e. The highest BCUT2D eigenvalue weighted by Gasteiger charge is 2.09. The Morgan fingerprint density at radius 3 is 3.05 bits per heavy atom. The number of hydrogen-bond donors (Lipinski definition) is 2. The number of thiophene rings is 1. The molecule has 0 saturated heterocycles. The Labute approximate surface area is 121 Å². The van der Waals surface area contributed by atoms with E-state index < -0.39 is 0 Å². The van der Waals surface area contributed by atoms with Crippen LogP contribution in [0.15, 0.2) is 17.6 Å².